The van der Waals surface area contributed by atoms with Gasteiger partial charge in [-0.05, 0) is 0 Å². The van der Waals surface area contributed by atoms with Crippen LogP contribution in [0.4, 0.5) is 0 Å². The van der Waals surface area contributed by atoms with Crippen molar-refractivity contribution < 1.29 is 14.4 Å². The van der Waals surface area contributed by atoms with E-state index in [1.807, 2.05) is 0 Å². The summed E-state index contributed by atoms with van der Waals surface area (Å²) < 4.78 is 8.74. The van der Waals surface area contributed by atoms with Crippen LogP contribution in [0.2, 0.25) is 0 Å². The van der Waals surface area contributed by atoms with Crippen molar-refractivity contribution in [3.05, 3.63) is 0 Å². The maximum atomic E-state index is 8.74. The fourth-order valence-electron chi connectivity index (χ4n) is 0.604. The first-order chi connectivity index (χ1) is 4.73. The Morgan fingerprint density at radius 1 is 1.00 bits per heavy atom. The molecule has 1 fully saturated rings. The van der Waals surface area contributed by atoms with Crippen LogP contribution in [0.3, 0.4) is 0 Å². The Hall–Kier alpha value is 0.0700. The second-order valence-electron chi connectivity index (χ2n) is 1.78. The molecule has 0 saturated carbocycles. The average Bonchev–Trinajstić information content (AvgIpc) is 1.90. The van der Waals surface area contributed by atoms with E-state index in [0.717, 1.165) is 26.2 Å². The van der Waals surface area contributed by atoms with Crippen molar-refractivity contribution in [2.24, 2.45) is 0 Å². The Bertz CT molecular complexity index is 81.0. The molecule has 0 bridgehead atoms. The molecule has 1 rings (SSSR count). The maximum absolute atomic E-state index is 8.74. The topological polar surface area (TPSA) is 81.6 Å². The molecular weight excluding hydrogens is 155 g/mol. The lowest BCUT2D eigenvalue weighted by molar-refractivity contribution is 0.405. The summed E-state index contributed by atoms with van der Waals surface area (Å²) in [6.07, 6.45) is 0. The molecule has 6 heteroatoms. The first-order valence-electron chi connectivity index (χ1n) is 3.07. The molecule has 0 aliphatic carbocycles. The van der Waals surface area contributed by atoms with Crippen molar-refractivity contribution in [2.75, 3.05) is 26.2 Å². The molecule has 1 heterocycles. The summed E-state index contributed by atoms with van der Waals surface area (Å²) in [5.74, 6) is 0. The second kappa shape index (κ2) is 7.18. The molecule has 0 spiro atoms. The zero-order chi connectivity index (χ0) is 7.82. The zero-order valence-corrected chi connectivity index (χ0v) is 6.63. The molecular formula is C4H13N2O3P. The first kappa shape index (κ1) is 10.1. The Kier molecular flexibility index (Phi) is 7.23. The van der Waals surface area contributed by atoms with E-state index < -0.39 is 8.25 Å². The van der Waals surface area contributed by atoms with Gasteiger partial charge in [0.1, 0.15) is 0 Å². The van der Waals surface area contributed by atoms with Crippen LogP contribution in [0.1, 0.15) is 0 Å². The number of rotatable bonds is 0. The number of piperazine rings is 1. The smallest absolute Gasteiger partial charge is 0.314 e. The van der Waals surface area contributed by atoms with E-state index in [2.05, 4.69) is 10.6 Å². The Labute approximate surface area is 60.4 Å². The van der Waals surface area contributed by atoms with E-state index in [0.29, 0.717) is 0 Å². The predicted molar refractivity (Wildman–Crippen MR) is 39.2 cm³/mol. The van der Waals surface area contributed by atoms with Crippen LogP contribution in [-0.4, -0.2) is 36.0 Å². The van der Waals surface area contributed by atoms with E-state index in [4.69, 9.17) is 14.4 Å². The minimum atomic E-state index is -3.13. The molecule has 0 aromatic heterocycles. The van der Waals surface area contributed by atoms with Crippen molar-refractivity contribution >= 4 is 8.25 Å². The van der Waals surface area contributed by atoms with Crippen LogP contribution < -0.4 is 10.6 Å². The van der Waals surface area contributed by atoms with Gasteiger partial charge in [-0.2, -0.15) is 0 Å². The summed E-state index contributed by atoms with van der Waals surface area (Å²) in [5.41, 5.74) is 0. The molecule has 0 atom stereocenters. The van der Waals surface area contributed by atoms with Gasteiger partial charge in [0.15, 0.2) is 0 Å². The predicted octanol–water partition coefficient (Wildman–Crippen LogP) is -1.46. The standard InChI is InChI=1S/C4H10N2.H3O3P/c1-2-6-4-3-5-1;1-4(2)3/h5-6H,1-4H2;4H,(H2,1,2,3). The van der Waals surface area contributed by atoms with Crippen LogP contribution in [0.5, 0.6) is 0 Å². The maximum Gasteiger partial charge on any atom is 0.314 e. The lowest BCUT2D eigenvalue weighted by Gasteiger charge is -2.11. The van der Waals surface area contributed by atoms with E-state index >= 15 is 0 Å². The van der Waals surface area contributed by atoms with E-state index in [1.54, 1.807) is 0 Å². The summed E-state index contributed by atoms with van der Waals surface area (Å²) in [7, 11) is -3.13. The van der Waals surface area contributed by atoms with E-state index in [1.165, 1.54) is 0 Å². The van der Waals surface area contributed by atoms with Gasteiger partial charge in [0.2, 0.25) is 0 Å². The number of hydrogen-bond donors (Lipinski definition) is 4. The SMILES string of the molecule is C1CNCCN1.O=[PH](O)O. The summed E-state index contributed by atoms with van der Waals surface area (Å²) in [6, 6.07) is 0. The van der Waals surface area contributed by atoms with Gasteiger partial charge in [0, 0.05) is 26.2 Å². The highest BCUT2D eigenvalue weighted by molar-refractivity contribution is 7.30. The molecule has 1 aliphatic rings. The molecule has 0 aromatic rings. The summed E-state index contributed by atoms with van der Waals surface area (Å²) in [5, 5.41) is 6.44. The van der Waals surface area contributed by atoms with Gasteiger partial charge in [-0.3, -0.25) is 4.57 Å². The molecule has 10 heavy (non-hydrogen) atoms. The van der Waals surface area contributed by atoms with Gasteiger partial charge in [0.25, 0.3) is 0 Å². The van der Waals surface area contributed by atoms with Gasteiger partial charge in [-0.25, -0.2) is 0 Å². The molecule has 4 N–H and O–H groups in total. The average molecular weight is 168 g/mol. The minimum absolute atomic E-state index is 1.14. The highest BCUT2D eigenvalue weighted by Crippen LogP contribution is 1.98. The van der Waals surface area contributed by atoms with E-state index in [-0.39, 0.29) is 0 Å². The second-order valence-corrected chi connectivity index (χ2v) is 2.35. The Morgan fingerprint density at radius 2 is 1.20 bits per heavy atom. The quantitative estimate of drug-likeness (QED) is 0.332. The summed E-state index contributed by atoms with van der Waals surface area (Å²) in [4.78, 5) is 14.3. The highest BCUT2D eigenvalue weighted by Gasteiger charge is 1.91. The first-order valence-corrected chi connectivity index (χ1v) is 4.37. The van der Waals surface area contributed by atoms with Crippen LogP contribution in [0.15, 0.2) is 0 Å². The third-order valence-electron chi connectivity index (χ3n) is 0.957. The van der Waals surface area contributed by atoms with Crippen LogP contribution in [0, 0.1) is 0 Å². The van der Waals surface area contributed by atoms with Crippen LogP contribution in [-0.2, 0) is 4.57 Å². The highest BCUT2D eigenvalue weighted by atomic mass is 31.1. The Balaban J connectivity index is 0.000000180. The molecule has 62 valence electrons. The fraction of sp³-hybridized carbons (Fsp3) is 1.00. The van der Waals surface area contributed by atoms with Gasteiger partial charge >= 0.3 is 8.25 Å². The molecule has 0 unspecified atom stereocenters. The van der Waals surface area contributed by atoms with Crippen molar-refractivity contribution in [3.8, 4) is 0 Å². The largest absolute Gasteiger partial charge is 0.326 e. The zero-order valence-electron chi connectivity index (χ0n) is 5.63. The molecule has 1 saturated heterocycles. The number of hydrogen-bond acceptors (Lipinski definition) is 3. The van der Waals surface area contributed by atoms with Crippen molar-refractivity contribution in [1.82, 2.24) is 10.6 Å². The molecule has 5 nitrogen and oxygen atoms in total. The van der Waals surface area contributed by atoms with Gasteiger partial charge in [0.05, 0.1) is 0 Å². The number of nitrogens with one attached hydrogen (secondary N) is 2. The lowest BCUT2D eigenvalue weighted by Crippen LogP contribution is -2.39. The Morgan fingerprint density at radius 3 is 1.30 bits per heavy atom. The van der Waals surface area contributed by atoms with Crippen molar-refractivity contribution in [3.63, 3.8) is 0 Å². The van der Waals surface area contributed by atoms with Crippen LogP contribution in [0.25, 0.3) is 0 Å². The van der Waals surface area contributed by atoms with Crippen molar-refractivity contribution in [1.29, 1.82) is 0 Å². The third kappa shape index (κ3) is 10.9. The monoisotopic (exact) mass is 168 g/mol. The third-order valence-corrected chi connectivity index (χ3v) is 0.957. The van der Waals surface area contributed by atoms with E-state index in [9.17, 15) is 0 Å². The summed E-state index contributed by atoms with van der Waals surface area (Å²) >= 11 is 0. The van der Waals surface area contributed by atoms with Gasteiger partial charge < -0.3 is 20.4 Å². The van der Waals surface area contributed by atoms with Gasteiger partial charge in [-0.1, -0.05) is 0 Å². The summed E-state index contributed by atoms with van der Waals surface area (Å²) in [6.45, 7) is 4.56. The lowest BCUT2D eigenvalue weighted by atomic mass is 10.4. The minimum Gasteiger partial charge on any atom is -0.326 e. The van der Waals surface area contributed by atoms with Crippen LogP contribution >= 0.6 is 8.25 Å². The fourth-order valence-corrected chi connectivity index (χ4v) is 0.604. The molecule has 0 radical (unpaired) electrons. The molecule has 0 amide bonds. The van der Waals surface area contributed by atoms with Gasteiger partial charge in [-0.15, -0.1) is 0 Å². The van der Waals surface area contributed by atoms with Crippen molar-refractivity contribution in [2.45, 2.75) is 0 Å². The normalized spacial score (nSPS) is 17.9. The molecule has 0 aromatic carbocycles. The molecule has 1 aliphatic heterocycles.